The van der Waals surface area contributed by atoms with Crippen LogP contribution in [0.4, 0.5) is 5.69 Å². The molecule has 0 radical (unpaired) electrons. The van der Waals surface area contributed by atoms with E-state index in [1.807, 2.05) is 6.92 Å². The topological polar surface area (TPSA) is 64.3 Å². The fourth-order valence-corrected chi connectivity index (χ4v) is 2.35. The summed E-state index contributed by atoms with van der Waals surface area (Å²) in [5.41, 5.74) is 6.69. The van der Waals surface area contributed by atoms with Gasteiger partial charge in [0.15, 0.2) is 0 Å². The molecule has 1 aliphatic rings. The average molecular weight is 293 g/mol. The Balaban J connectivity index is 2.18. The molecule has 1 aromatic carbocycles. The lowest BCUT2D eigenvalue weighted by Gasteiger charge is -2.15. The molecular weight excluding hydrogens is 276 g/mol. The van der Waals surface area contributed by atoms with Crippen molar-refractivity contribution >= 4 is 23.2 Å². The van der Waals surface area contributed by atoms with E-state index in [1.54, 1.807) is 18.2 Å². The minimum atomic E-state index is -0.124. The molecule has 0 saturated carbocycles. The SMILES string of the molecule is CC1OCCC1C(=O)Nc1ccc(Cl)cc1C#CCN. The van der Waals surface area contributed by atoms with Gasteiger partial charge in [0.05, 0.1) is 24.3 Å². The second-order valence-corrected chi connectivity index (χ2v) is 5.09. The molecule has 1 fully saturated rings. The molecule has 1 heterocycles. The third-order valence-corrected chi connectivity index (χ3v) is 3.51. The van der Waals surface area contributed by atoms with Crippen molar-refractivity contribution in [1.82, 2.24) is 0 Å². The first-order valence-electron chi connectivity index (χ1n) is 6.52. The first kappa shape index (κ1) is 14.9. The molecule has 5 heteroatoms. The summed E-state index contributed by atoms with van der Waals surface area (Å²) in [6.07, 6.45) is 0.686. The highest BCUT2D eigenvalue weighted by Crippen LogP contribution is 2.24. The molecule has 2 unspecified atom stereocenters. The van der Waals surface area contributed by atoms with Gasteiger partial charge in [-0.3, -0.25) is 4.79 Å². The van der Waals surface area contributed by atoms with E-state index in [0.717, 1.165) is 6.42 Å². The van der Waals surface area contributed by atoms with Crippen LogP contribution >= 0.6 is 11.6 Å². The van der Waals surface area contributed by atoms with E-state index in [0.29, 0.717) is 22.9 Å². The zero-order valence-electron chi connectivity index (χ0n) is 11.3. The molecule has 3 N–H and O–H groups in total. The lowest BCUT2D eigenvalue weighted by molar-refractivity contribution is -0.121. The first-order chi connectivity index (χ1) is 9.61. The number of hydrogen-bond donors (Lipinski definition) is 2. The number of ether oxygens (including phenoxy) is 1. The number of amides is 1. The van der Waals surface area contributed by atoms with E-state index >= 15 is 0 Å². The minimum absolute atomic E-state index is 0.0480. The average Bonchev–Trinajstić information content (AvgIpc) is 2.85. The summed E-state index contributed by atoms with van der Waals surface area (Å²) in [4.78, 5) is 12.2. The zero-order valence-corrected chi connectivity index (χ0v) is 12.0. The van der Waals surface area contributed by atoms with E-state index < -0.39 is 0 Å². The molecule has 0 aromatic heterocycles. The molecule has 1 aromatic rings. The molecule has 1 aliphatic heterocycles. The quantitative estimate of drug-likeness (QED) is 0.820. The van der Waals surface area contributed by atoms with Gasteiger partial charge < -0.3 is 15.8 Å². The predicted molar refractivity (Wildman–Crippen MR) is 79.5 cm³/mol. The number of hydrogen-bond acceptors (Lipinski definition) is 3. The molecule has 20 heavy (non-hydrogen) atoms. The van der Waals surface area contributed by atoms with Crippen molar-refractivity contribution in [3.05, 3.63) is 28.8 Å². The zero-order chi connectivity index (χ0) is 14.5. The van der Waals surface area contributed by atoms with Crippen LogP contribution in [0.2, 0.25) is 5.02 Å². The summed E-state index contributed by atoms with van der Waals surface area (Å²) in [5.74, 6) is 5.51. The van der Waals surface area contributed by atoms with Gasteiger partial charge in [-0.05, 0) is 31.5 Å². The highest BCUT2D eigenvalue weighted by molar-refractivity contribution is 6.30. The third-order valence-electron chi connectivity index (χ3n) is 3.28. The number of rotatable bonds is 2. The summed E-state index contributed by atoms with van der Waals surface area (Å²) < 4.78 is 5.41. The maximum atomic E-state index is 12.2. The molecule has 0 bridgehead atoms. The predicted octanol–water partition coefficient (Wildman–Crippen LogP) is 2.01. The molecule has 2 rings (SSSR count). The highest BCUT2D eigenvalue weighted by atomic mass is 35.5. The molecule has 0 spiro atoms. The van der Waals surface area contributed by atoms with Gasteiger partial charge in [-0.1, -0.05) is 23.4 Å². The van der Waals surface area contributed by atoms with Crippen LogP contribution in [0.1, 0.15) is 18.9 Å². The Bertz CT molecular complexity index is 563. The van der Waals surface area contributed by atoms with Crippen molar-refractivity contribution in [3.8, 4) is 11.8 Å². The lowest BCUT2D eigenvalue weighted by Crippen LogP contribution is -2.28. The van der Waals surface area contributed by atoms with Gasteiger partial charge in [-0.25, -0.2) is 0 Å². The van der Waals surface area contributed by atoms with Gasteiger partial charge in [0.25, 0.3) is 0 Å². The van der Waals surface area contributed by atoms with Gasteiger partial charge in [-0.2, -0.15) is 0 Å². The Morgan fingerprint density at radius 1 is 1.60 bits per heavy atom. The third kappa shape index (κ3) is 3.51. The molecule has 1 amide bonds. The molecule has 4 nitrogen and oxygen atoms in total. The Hall–Kier alpha value is -1.54. The molecule has 0 aliphatic carbocycles. The van der Waals surface area contributed by atoms with Crippen molar-refractivity contribution < 1.29 is 9.53 Å². The minimum Gasteiger partial charge on any atom is -0.378 e. The Kier molecular flexibility index (Phi) is 5.02. The lowest BCUT2D eigenvalue weighted by atomic mass is 10.0. The Morgan fingerprint density at radius 3 is 3.05 bits per heavy atom. The molecular formula is C15H17ClN2O2. The first-order valence-corrected chi connectivity index (χ1v) is 6.90. The van der Waals surface area contributed by atoms with Gasteiger partial charge in [0.1, 0.15) is 0 Å². The van der Waals surface area contributed by atoms with Gasteiger partial charge in [0, 0.05) is 17.2 Å². The second-order valence-electron chi connectivity index (χ2n) is 4.66. The molecule has 106 valence electrons. The van der Waals surface area contributed by atoms with Crippen LogP contribution in [0.5, 0.6) is 0 Å². The van der Waals surface area contributed by atoms with Gasteiger partial charge >= 0.3 is 0 Å². The monoisotopic (exact) mass is 292 g/mol. The van der Waals surface area contributed by atoms with Crippen molar-refractivity contribution in [2.45, 2.75) is 19.4 Å². The van der Waals surface area contributed by atoms with E-state index in [1.165, 1.54) is 0 Å². The number of nitrogens with two attached hydrogens (primary N) is 1. The molecule has 2 atom stereocenters. The van der Waals surface area contributed by atoms with Crippen molar-refractivity contribution in [2.75, 3.05) is 18.5 Å². The van der Waals surface area contributed by atoms with Crippen molar-refractivity contribution in [3.63, 3.8) is 0 Å². The number of carbonyl (C=O) groups is 1. The molecule has 1 saturated heterocycles. The Morgan fingerprint density at radius 2 is 2.40 bits per heavy atom. The maximum absolute atomic E-state index is 12.2. The number of nitrogens with one attached hydrogen (secondary N) is 1. The Labute approximate surface area is 123 Å². The van der Waals surface area contributed by atoms with Crippen LogP contribution in [0.15, 0.2) is 18.2 Å². The maximum Gasteiger partial charge on any atom is 0.230 e. The summed E-state index contributed by atoms with van der Waals surface area (Å²) in [7, 11) is 0. The highest BCUT2D eigenvalue weighted by Gasteiger charge is 2.30. The van der Waals surface area contributed by atoms with E-state index in [9.17, 15) is 4.79 Å². The van der Waals surface area contributed by atoms with Crippen molar-refractivity contribution in [2.24, 2.45) is 11.7 Å². The normalized spacial score (nSPS) is 21.1. The standard InChI is InChI=1S/C15H17ClN2O2/c1-10-13(6-8-20-10)15(19)18-14-5-4-12(16)9-11(14)3-2-7-17/h4-5,9-10,13H,6-8,17H2,1H3,(H,18,19). The van der Waals surface area contributed by atoms with Crippen LogP contribution in [-0.4, -0.2) is 25.2 Å². The van der Waals surface area contributed by atoms with Crippen LogP contribution in [0, 0.1) is 17.8 Å². The van der Waals surface area contributed by atoms with E-state index in [2.05, 4.69) is 17.2 Å². The number of halogens is 1. The van der Waals surface area contributed by atoms with Crippen LogP contribution in [0.25, 0.3) is 0 Å². The van der Waals surface area contributed by atoms with Crippen LogP contribution in [-0.2, 0) is 9.53 Å². The second kappa shape index (κ2) is 6.76. The van der Waals surface area contributed by atoms with Gasteiger partial charge in [-0.15, -0.1) is 0 Å². The fourth-order valence-electron chi connectivity index (χ4n) is 2.18. The summed E-state index contributed by atoms with van der Waals surface area (Å²) >= 11 is 5.95. The number of anilines is 1. The smallest absolute Gasteiger partial charge is 0.230 e. The summed E-state index contributed by atoms with van der Waals surface area (Å²) in [6, 6.07) is 5.19. The summed E-state index contributed by atoms with van der Waals surface area (Å²) in [5, 5.41) is 3.47. The number of benzene rings is 1. The van der Waals surface area contributed by atoms with Crippen molar-refractivity contribution in [1.29, 1.82) is 0 Å². The van der Waals surface area contributed by atoms with E-state index in [4.69, 9.17) is 22.1 Å². The van der Waals surface area contributed by atoms with Crippen LogP contribution in [0.3, 0.4) is 0 Å². The summed E-state index contributed by atoms with van der Waals surface area (Å²) in [6.45, 7) is 2.79. The van der Waals surface area contributed by atoms with Gasteiger partial charge in [0.2, 0.25) is 5.91 Å². The number of carbonyl (C=O) groups excluding carboxylic acids is 1. The van der Waals surface area contributed by atoms with Crippen LogP contribution < -0.4 is 11.1 Å². The largest absolute Gasteiger partial charge is 0.378 e. The fraction of sp³-hybridized carbons (Fsp3) is 0.400. The van der Waals surface area contributed by atoms with E-state index in [-0.39, 0.29) is 24.5 Å².